The van der Waals surface area contributed by atoms with Gasteiger partial charge in [0, 0.05) is 29.7 Å². The molecule has 0 aliphatic heterocycles. The molecule has 1 aromatic carbocycles. The van der Waals surface area contributed by atoms with Crippen molar-refractivity contribution in [1.82, 2.24) is 19.9 Å². The van der Waals surface area contributed by atoms with E-state index < -0.39 is 0 Å². The molecule has 9 heteroatoms. The van der Waals surface area contributed by atoms with Gasteiger partial charge in [-0.2, -0.15) is 9.61 Å². The second-order valence-corrected chi connectivity index (χ2v) is 7.51. The SMILES string of the molecule is O=C(NCCCNc1cc(-c2ccccc2Cl)nc2c(Br)cnn12)c1ccco1. The van der Waals surface area contributed by atoms with Crippen LogP contribution >= 0.6 is 27.5 Å². The van der Waals surface area contributed by atoms with Crippen LogP contribution in [0.25, 0.3) is 16.9 Å². The Morgan fingerprint density at radius 3 is 2.86 bits per heavy atom. The number of carbonyl (C=O) groups is 1. The van der Waals surface area contributed by atoms with Crippen molar-refractivity contribution in [1.29, 1.82) is 0 Å². The number of carbonyl (C=O) groups excluding carboxylic acids is 1. The fourth-order valence-corrected chi connectivity index (χ4v) is 3.45. The number of nitrogens with one attached hydrogen (secondary N) is 2. The monoisotopic (exact) mass is 473 g/mol. The van der Waals surface area contributed by atoms with Crippen molar-refractivity contribution >= 4 is 44.9 Å². The Labute approximate surface area is 180 Å². The van der Waals surface area contributed by atoms with Gasteiger partial charge in [-0.1, -0.05) is 29.8 Å². The smallest absolute Gasteiger partial charge is 0.286 e. The Morgan fingerprint density at radius 2 is 2.07 bits per heavy atom. The van der Waals surface area contributed by atoms with Gasteiger partial charge in [-0.25, -0.2) is 4.98 Å². The van der Waals surface area contributed by atoms with Gasteiger partial charge >= 0.3 is 0 Å². The minimum atomic E-state index is -0.224. The molecule has 0 fully saturated rings. The lowest BCUT2D eigenvalue weighted by Gasteiger charge is -2.12. The fraction of sp³-hybridized carbons (Fsp3) is 0.150. The van der Waals surface area contributed by atoms with Gasteiger partial charge in [0.1, 0.15) is 5.82 Å². The van der Waals surface area contributed by atoms with E-state index in [1.54, 1.807) is 22.8 Å². The molecule has 3 heterocycles. The summed E-state index contributed by atoms with van der Waals surface area (Å²) >= 11 is 9.84. The average Bonchev–Trinajstić information content (AvgIpc) is 3.38. The van der Waals surface area contributed by atoms with Crippen LogP contribution in [0.15, 0.2) is 63.8 Å². The zero-order valence-corrected chi connectivity index (χ0v) is 17.6. The number of rotatable bonds is 7. The normalized spacial score (nSPS) is 11.0. The number of amides is 1. The highest BCUT2D eigenvalue weighted by Gasteiger charge is 2.13. The quantitative estimate of drug-likeness (QED) is 0.381. The zero-order chi connectivity index (χ0) is 20.2. The van der Waals surface area contributed by atoms with E-state index in [2.05, 4.69) is 36.6 Å². The predicted molar refractivity (Wildman–Crippen MR) is 115 cm³/mol. The number of benzene rings is 1. The molecule has 0 radical (unpaired) electrons. The highest BCUT2D eigenvalue weighted by Crippen LogP contribution is 2.30. The van der Waals surface area contributed by atoms with E-state index >= 15 is 0 Å². The molecule has 0 bridgehead atoms. The van der Waals surface area contributed by atoms with Gasteiger partial charge in [-0.15, -0.1) is 0 Å². The summed E-state index contributed by atoms with van der Waals surface area (Å²) in [5.74, 6) is 0.867. The number of halogens is 2. The lowest BCUT2D eigenvalue weighted by molar-refractivity contribution is 0.0926. The fourth-order valence-electron chi connectivity index (χ4n) is 2.87. The van der Waals surface area contributed by atoms with Gasteiger partial charge in [0.15, 0.2) is 11.4 Å². The third-order valence-corrected chi connectivity index (χ3v) is 5.16. The van der Waals surface area contributed by atoms with Gasteiger partial charge in [0.2, 0.25) is 0 Å². The van der Waals surface area contributed by atoms with E-state index in [4.69, 9.17) is 16.0 Å². The van der Waals surface area contributed by atoms with Crippen LogP contribution in [0.3, 0.4) is 0 Å². The highest BCUT2D eigenvalue weighted by molar-refractivity contribution is 9.10. The van der Waals surface area contributed by atoms with Gasteiger partial charge in [-0.05, 0) is 40.5 Å². The maximum atomic E-state index is 11.9. The molecule has 4 rings (SSSR count). The first-order valence-electron chi connectivity index (χ1n) is 8.98. The van der Waals surface area contributed by atoms with Crippen molar-refractivity contribution in [3.63, 3.8) is 0 Å². The molecule has 0 saturated carbocycles. The molecule has 2 N–H and O–H groups in total. The van der Waals surface area contributed by atoms with Gasteiger partial charge in [0.05, 0.1) is 22.6 Å². The molecule has 0 saturated heterocycles. The van der Waals surface area contributed by atoms with Crippen LogP contribution in [-0.2, 0) is 0 Å². The molecule has 0 spiro atoms. The maximum absolute atomic E-state index is 11.9. The van der Waals surface area contributed by atoms with Crippen LogP contribution in [0, 0.1) is 0 Å². The topological polar surface area (TPSA) is 84.5 Å². The Hall–Kier alpha value is -2.84. The van der Waals surface area contributed by atoms with Crippen molar-refractivity contribution in [2.24, 2.45) is 0 Å². The first-order valence-corrected chi connectivity index (χ1v) is 10.2. The molecular weight excluding hydrogens is 458 g/mol. The second kappa shape index (κ2) is 8.67. The van der Waals surface area contributed by atoms with Crippen LogP contribution in [0.2, 0.25) is 5.02 Å². The summed E-state index contributed by atoms with van der Waals surface area (Å²) < 4.78 is 7.60. The largest absolute Gasteiger partial charge is 0.459 e. The zero-order valence-electron chi connectivity index (χ0n) is 15.2. The first-order chi connectivity index (χ1) is 14.1. The lowest BCUT2D eigenvalue weighted by Crippen LogP contribution is -2.25. The Bertz CT molecular complexity index is 1140. The van der Waals surface area contributed by atoms with E-state index in [0.717, 1.165) is 28.0 Å². The summed E-state index contributed by atoms with van der Waals surface area (Å²) in [6, 6.07) is 12.8. The Morgan fingerprint density at radius 1 is 1.21 bits per heavy atom. The summed E-state index contributed by atoms with van der Waals surface area (Å²) in [7, 11) is 0. The molecule has 148 valence electrons. The maximum Gasteiger partial charge on any atom is 0.286 e. The molecule has 0 atom stereocenters. The third kappa shape index (κ3) is 4.28. The number of hydrogen-bond donors (Lipinski definition) is 2. The summed E-state index contributed by atoms with van der Waals surface area (Å²) in [5.41, 5.74) is 2.28. The van der Waals surface area contributed by atoms with Crippen LogP contribution in [0.4, 0.5) is 5.82 Å². The van der Waals surface area contributed by atoms with Crippen LogP contribution in [0.5, 0.6) is 0 Å². The molecule has 0 aliphatic carbocycles. The number of furan rings is 1. The molecule has 0 unspecified atom stereocenters. The number of hydrogen-bond acceptors (Lipinski definition) is 5. The summed E-state index contributed by atoms with van der Waals surface area (Å²) in [6.07, 6.45) is 3.90. The van der Waals surface area contributed by atoms with Crippen LogP contribution < -0.4 is 10.6 Å². The summed E-state index contributed by atoms with van der Waals surface area (Å²) in [6.45, 7) is 1.15. The number of aromatic nitrogens is 3. The lowest BCUT2D eigenvalue weighted by atomic mass is 10.1. The third-order valence-electron chi connectivity index (χ3n) is 4.27. The number of fused-ring (bicyclic) bond motifs is 1. The van der Waals surface area contributed by atoms with Crippen molar-refractivity contribution in [2.45, 2.75) is 6.42 Å². The standard InChI is InChI=1S/C20H17BrClN5O2/c21-14-12-25-27-18(23-8-4-9-24-20(28)17-7-3-10-29-17)11-16(26-19(14)27)13-5-1-2-6-15(13)22/h1-3,5-7,10-12,23H,4,8-9H2,(H,24,28). The molecule has 3 aromatic heterocycles. The first kappa shape index (κ1) is 19.5. The van der Waals surface area contributed by atoms with Crippen molar-refractivity contribution < 1.29 is 9.21 Å². The van der Waals surface area contributed by atoms with E-state index in [-0.39, 0.29) is 5.91 Å². The van der Waals surface area contributed by atoms with E-state index in [1.807, 2.05) is 30.3 Å². The predicted octanol–water partition coefficient (Wildman–Crippen LogP) is 4.64. The minimum absolute atomic E-state index is 0.224. The molecular formula is C20H17BrClN5O2. The van der Waals surface area contributed by atoms with E-state index in [1.165, 1.54) is 6.26 Å². The van der Waals surface area contributed by atoms with Crippen molar-refractivity contribution in [2.75, 3.05) is 18.4 Å². The van der Waals surface area contributed by atoms with E-state index in [0.29, 0.717) is 29.5 Å². The average molecular weight is 475 g/mol. The van der Waals surface area contributed by atoms with Crippen molar-refractivity contribution in [3.8, 4) is 11.3 Å². The summed E-state index contributed by atoms with van der Waals surface area (Å²) in [4.78, 5) is 16.6. The Balaban J connectivity index is 1.47. The van der Waals surface area contributed by atoms with Crippen molar-refractivity contribution in [3.05, 3.63) is 70.2 Å². The molecule has 1 amide bonds. The van der Waals surface area contributed by atoms with Crippen LogP contribution in [-0.4, -0.2) is 33.6 Å². The van der Waals surface area contributed by atoms with Crippen LogP contribution in [0.1, 0.15) is 17.0 Å². The second-order valence-electron chi connectivity index (χ2n) is 6.25. The number of nitrogens with zero attached hydrogens (tertiary/aromatic N) is 3. The highest BCUT2D eigenvalue weighted by atomic mass is 79.9. The summed E-state index contributed by atoms with van der Waals surface area (Å²) in [5, 5.41) is 11.2. The van der Waals surface area contributed by atoms with Gasteiger partial charge in [-0.3, -0.25) is 4.79 Å². The molecule has 0 aliphatic rings. The van der Waals surface area contributed by atoms with E-state index in [9.17, 15) is 4.79 Å². The van der Waals surface area contributed by atoms with Gasteiger partial charge < -0.3 is 15.1 Å². The number of anilines is 1. The Kier molecular flexibility index (Phi) is 5.82. The van der Waals surface area contributed by atoms with Gasteiger partial charge in [0.25, 0.3) is 5.91 Å². The molecule has 7 nitrogen and oxygen atoms in total. The molecule has 29 heavy (non-hydrogen) atoms. The minimum Gasteiger partial charge on any atom is -0.459 e. The molecule has 4 aromatic rings.